The van der Waals surface area contributed by atoms with Crippen LogP contribution in [0.25, 0.3) is 0 Å². The molecule has 118 valence electrons. The second-order valence-electron chi connectivity index (χ2n) is 5.75. The number of hydrogen-bond acceptors (Lipinski definition) is 5. The molecule has 0 heterocycles. The van der Waals surface area contributed by atoms with Crippen molar-refractivity contribution in [3.63, 3.8) is 0 Å². The van der Waals surface area contributed by atoms with Crippen LogP contribution in [0, 0.1) is 0 Å². The minimum absolute atomic E-state index is 0.0245. The average molecular weight is 333 g/mol. The van der Waals surface area contributed by atoms with E-state index in [-0.39, 0.29) is 15.6 Å². The van der Waals surface area contributed by atoms with Gasteiger partial charge in [0.15, 0.2) is 15.6 Å². The van der Waals surface area contributed by atoms with Crippen molar-refractivity contribution in [3.05, 3.63) is 17.2 Å². The topological polar surface area (TPSA) is 83.6 Å². The average Bonchev–Trinajstić information content (AvgIpc) is 2.43. The van der Waals surface area contributed by atoms with E-state index in [9.17, 15) is 13.5 Å². The molecule has 0 aromatic heterocycles. The van der Waals surface area contributed by atoms with Gasteiger partial charge in [0.2, 0.25) is 0 Å². The van der Waals surface area contributed by atoms with Crippen molar-refractivity contribution in [2.45, 2.75) is 41.9 Å². The zero-order valence-electron chi connectivity index (χ0n) is 12.2. The third-order valence-corrected chi connectivity index (χ3v) is 6.97. The van der Waals surface area contributed by atoms with Crippen LogP contribution >= 0.6 is 11.6 Å². The van der Waals surface area contributed by atoms with Gasteiger partial charge in [-0.05, 0) is 51.9 Å². The largest absolute Gasteiger partial charge is 0.504 e. The van der Waals surface area contributed by atoms with Gasteiger partial charge in [-0.15, -0.1) is 0 Å². The highest BCUT2D eigenvalue weighted by Gasteiger charge is 2.36. The van der Waals surface area contributed by atoms with Gasteiger partial charge >= 0.3 is 0 Å². The summed E-state index contributed by atoms with van der Waals surface area (Å²) in [6.45, 7) is 0. The maximum atomic E-state index is 12.7. The Morgan fingerprint density at radius 2 is 1.81 bits per heavy atom. The molecule has 0 radical (unpaired) electrons. The molecule has 0 amide bonds. The van der Waals surface area contributed by atoms with Crippen LogP contribution in [0.5, 0.6) is 5.75 Å². The van der Waals surface area contributed by atoms with Gasteiger partial charge in [-0.3, -0.25) is 0 Å². The number of rotatable bonds is 3. The van der Waals surface area contributed by atoms with Crippen LogP contribution in [-0.4, -0.2) is 43.8 Å². The third-order valence-electron chi connectivity index (χ3n) is 4.21. The fourth-order valence-corrected chi connectivity index (χ4v) is 5.30. The number of aromatic hydroxyl groups is 1. The lowest BCUT2D eigenvalue weighted by atomic mass is 9.94. The number of nitrogens with zero attached hydrogens (tertiary/aromatic N) is 1. The summed E-state index contributed by atoms with van der Waals surface area (Å²) < 4.78 is 25.5. The summed E-state index contributed by atoms with van der Waals surface area (Å²) in [6, 6.07) is 3.22. The predicted molar refractivity (Wildman–Crippen MR) is 84.4 cm³/mol. The molecule has 21 heavy (non-hydrogen) atoms. The zero-order chi connectivity index (χ0) is 15.8. The Balaban J connectivity index is 2.30. The Morgan fingerprint density at radius 3 is 2.33 bits per heavy atom. The lowest BCUT2D eigenvalue weighted by Crippen LogP contribution is -2.36. The second-order valence-corrected chi connectivity index (χ2v) is 8.33. The summed E-state index contributed by atoms with van der Waals surface area (Å²) in [5.74, 6) is -0.433. The molecule has 0 atom stereocenters. The Hall–Kier alpha value is -0.980. The van der Waals surface area contributed by atoms with Gasteiger partial charge in [-0.25, -0.2) is 8.42 Å². The summed E-state index contributed by atoms with van der Waals surface area (Å²) in [5.41, 5.74) is 5.63. The number of benzene rings is 1. The smallest absolute Gasteiger partial charge is 0.186 e. The molecule has 3 N–H and O–H groups in total. The Kier molecular flexibility index (Phi) is 4.70. The van der Waals surface area contributed by atoms with Crippen molar-refractivity contribution in [2.24, 2.45) is 0 Å². The van der Waals surface area contributed by atoms with Gasteiger partial charge in [0.1, 0.15) is 4.90 Å². The molecule has 1 fully saturated rings. The Morgan fingerprint density at radius 1 is 1.24 bits per heavy atom. The van der Waals surface area contributed by atoms with Crippen LogP contribution in [0.3, 0.4) is 0 Å². The molecule has 1 aromatic carbocycles. The molecule has 0 spiro atoms. The van der Waals surface area contributed by atoms with Crippen LogP contribution < -0.4 is 5.73 Å². The van der Waals surface area contributed by atoms with Gasteiger partial charge in [0.05, 0.1) is 16.0 Å². The highest BCUT2D eigenvalue weighted by atomic mass is 35.5. The maximum absolute atomic E-state index is 12.7. The molecule has 2 rings (SSSR count). The normalized spacial score (nSPS) is 23.4. The molecule has 0 unspecified atom stereocenters. The monoisotopic (exact) mass is 332 g/mol. The van der Waals surface area contributed by atoms with E-state index in [1.54, 1.807) is 0 Å². The van der Waals surface area contributed by atoms with Gasteiger partial charge < -0.3 is 15.7 Å². The zero-order valence-corrected chi connectivity index (χ0v) is 13.8. The summed E-state index contributed by atoms with van der Waals surface area (Å²) in [5, 5.41) is 9.50. The number of phenolic OH excluding ortho intramolecular Hbond substituents is 1. The van der Waals surface area contributed by atoms with Gasteiger partial charge in [0.25, 0.3) is 0 Å². The van der Waals surface area contributed by atoms with Crippen LogP contribution in [0.1, 0.15) is 25.7 Å². The molecule has 7 heteroatoms. The van der Waals surface area contributed by atoms with Crippen molar-refractivity contribution in [2.75, 3.05) is 19.8 Å². The number of nitrogen functional groups attached to an aromatic ring is 1. The molecule has 0 saturated heterocycles. The summed E-state index contributed by atoms with van der Waals surface area (Å²) >= 11 is 5.98. The van der Waals surface area contributed by atoms with Crippen LogP contribution in [0.2, 0.25) is 5.02 Å². The van der Waals surface area contributed by atoms with E-state index in [2.05, 4.69) is 4.90 Å². The molecular weight excluding hydrogens is 312 g/mol. The SMILES string of the molecule is CN(C)[C@H]1CC[C@H](S(=O)(=O)c2c(Cl)ccc(N)c2O)CC1. The minimum Gasteiger partial charge on any atom is -0.504 e. The third kappa shape index (κ3) is 3.12. The fraction of sp³-hybridized carbons (Fsp3) is 0.571. The van der Waals surface area contributed by atoms with E-state index in [1.165, 1.54) is 12.1 Å². The minimum atomic E-state index is -3.68. The van der Waals surface area contributed by atoms with E-state index < -0.39 is 20.8 Å². The molecule has 5 nitrogen and oxygen atoms in total. The highest BCUT2D eigenvalue weighted by Crippen LogP contribution is 2.40. The molecule has 1 aliphatic carbocycles. The van der Waals surface area contributed by atoms with Crippen molar-refractivity contribution < 1.29 is 13.5 Å². The second kappa shape index (κ2) is 6.02. The lowest BCUT2D eigenvalue weighted by molar-refractivity contribution is 0.230. The number of hydrogen-bond donors (Lipinski definition) is 2. The Bertz CT molecular complexity index is 623. The van der Waals surface area contributed by atoms with Gasteiger partial charge in [-0.1, -0.05) is 11.6 Å². The van der Waals surface area contributed by atoms with Crippen LogP contribution in [0.4, 0.5) is 5.69 Å². The van der Waals surface area contributed by atoms with E-state index in [0.717, 1.165) is 12.8 Å². The lowest BCUT2D eigenvalue weighted by Gasteiger charge is -2.32. The molecule has 1 saturated carbocycles. The van der Waals surface area contributed by atoms with E-state index in [4.69, 9.17) is 17.3 Å². The maximum Gasteiger partial charge on any atom is 0.186 e. The van der Waals surface area contributed by atoms with E-state index in [0.29, 0.717) is 18.9 Å². The van der Waals surface area contributed by atoms with Gasteiger partial charge in [-0.2, -0.15) is 0 Å². The van der Waals surface area contributed by atoms with E-state index in [1.807, 2.05) is 14.1 Å². The highest BCUT2D eigenvalue weighted by molar-refractivity contribution is 7.92. The number of phenols is 1. The van der Waals surface area contributed by atoms with Crippen molar-refractivity contribution in [1.82, 2.24) is 4.90 Å². The first-order valence-corrected chi connectivity index (χ1v) is 8.85. The first-order chi connectivity index (χ1) is 9.75. The predicted octanol–water partition coefficient (Wildman–Crippen LogP) is 2.27. The van der Waals surface area contributed by atoms with Gasteiger partial charge in [0, 0.05) is 6.04 Å². The summed E-state index contributed by atoms with van der Waals surface area (Å²) in [4.78, 5) is 1.89. The number of halogens is 1. The van der Waals surface area contributed by atoms with E-state index >= 15 is 0 Å². The first kappa shape index (κ1) is 16.4. The van der Waals surface area contributed by atoms with Crippen molar-refractivity contribution in [3.8, 4) is 5.75 Å². The molecule has 0 aliphatic heterocycles. The molecule has 1 aliphatic rings. The standard InChI is InChI=1S/C14H21ClN2O3S/c1-17(2)9-3-5-10(6-4-9)21(19,20)14-11(15)7-8-12(16)13(14)18/h7-10,18H,3-6,16H2,1-2H3/t9-,10-. The summed E-state index contributed by atoms with van der Waals surface area (Å²) in [7, 11) is 0.325. The first-order valence-electron chi connectivity index (χ1n) is 6.92. The number of sulfone groups is 1. The number of anilines is 1. The van der Waals surface area contributed by atoms with Crippen molar-refractivity contribution in [1.29, 1.82) is 0 Å². The number of nitrogens with two attached hydrogens (primary N) is 1. The molecular formula is C14H21ClN2O3S. The molecule has 0 bridgehead atoms. The van der Waals surface area contributed by atoms with Crippen LogP contribution in [0.15, 0.2) is 17.0 Å². The Labute approximate surface area is 130 Å². The quantitative estimate of drug-likeness (QED) is 0.655. The summed E-state index contributed by atoms with van der Waals surface area (Å²) in [6.07, 6.45) is 2.76. The van der Waals surface area contributed by atoms with Crippen molar-refractivity contribution >= 4 is 27.1 Å². The molecule has 1 aromatic rings. The fourth-order valence-electron chi connectivity index (χ4n) is 2.87. The van der Waals surface area contributed by atoms with Crippen LogP contribution in [-0.2, 0) is 9.84 Å².